The Bertz CT molecular complexity index is 780. The van der Waals surface area contributed by atoms with Crippen LogP contribution in [0.25, 0.3) is 0 Å². The number of benzene rings is 1. The van der Waals surface area contributed by atoms with Crippen molar-refractivity contribution in [3.05, 3.63) is 58.4 Å². The summed E-state index contributed by atoms with van der Waals surface area (Å²) in [5.41, 5.74) is 3.61. The molecule has 0 saturated carbocycles. The Morgan fingerprint density at radius 2 is 1.88 bits per heavy atom. The molecule has 1 aromatic carbocycles. The maximum Gasteiger partial charge on any atom is 0.410 e. The van der Waals surface area contributed by atoms with Gasteiger partial charge in [-0.05, 0) is 25.0 Å². The first-order valence-electron chi connectivity index (χ1n) is 7.86. The molecule has 1 amide bonds. The van der Waals surface area contributed by atoms with E-state index in [1.54, 1.807) is 11.8 Å². The molecule has 2 aromatic rings. The van der Waals surface area contributed by atoms with Gasteiger partial charge in [0.25, 0.3) is 0 Å². The molecule has 3 rings (SSSR count). The largest absolute Gasteiger partial charge is 0.478 e. The van der Waals surface area contributed by atoms with Crippen LogP contribution in [0.15, 0.2) is 30.3 Å². The van der Waals surface area contributed by atoms with Gasteiger partial charge in [0.1, 0.15) is 6.61 Å². The summed E-state index contributed by atoms with van der Waals surface area (Å²) >= 11 is 0. The van der Waals surface area contributed by atoms with Crippen LogP contribution in [0.4, 0.5) is 4.79 Å². The fourth-order valence-electron chi connectivity index (χ4n) is 3.22. The Labute approximate surface area is 140 Å². The SMILES string of the molecule is Cc1c(C(=O)O)c(C)n2c1CN(C(=O)OCc1ccccc1)CC2. The minimum atomic E-state index is -0.926. The molecule has 0 bridgehead atoms. The van der Waals surface area contributed by atoms with E-state index in [0.717, 1.165) is 22.5 Å². The quantitative estimate of drug-likeness (QED) is 0.940. The minimum absolute atomic E-state index is 0.232. The molecule has 6 heteroatoms. The summed E-state index contributed by atoms with van der Waals surface area (Å²) in [4.78, 5) is 25.3. The normalized spacial score (nSPS) is 13.5. The number of amides is 1. The summed E-state index contributed by atoms with van der Waals surface area (Å²) in [5, 5.41) is 9.36. The lowest BCUT2D eigenvalue weighted by atomic mass is 10.1. The zero-order valence-electron chi connectivity index (χ0n) is 13.8. The van der Waals surface area contributed by atoms with E-state index >= 15 is 0 Å². The van der Waals surface area contributed by atoms with Gasteiger partial charge in [-0.1, -0.05) is 30.3 Å². The number of hydrogen-bond donors (Lipinski definition) is 1. The van der Waals surface area contributed by atoms with Gasteiger partial charge in [-0.3, -0.25) is 0 Å². The van der Waals surface area contributed by atoms with Crippen LogP contribution in [0.1, 0.15) is 32.9 Å². The van der Waals surface area contributed by atoms with Gasteiger partial charge in [0.2, 0.25) is 0 Å². The van der Waals surface area contributed by atoms with Crippen molar-refractivity contribution >= 4 is 12.1 Å². The molecule has 126 valence electrons. The minimum Gasteiger partial charge on any atom is -0.478 e. The van der Waals surface area contributed by atoms with Crippen LogP contribution in [0.2, 0.25) is 0 Å². The number of carbonyl (C=O) groups is 2. The van der Waals surface area contributed by atoms with Gasteiger partial charge in [0.05, 0.1) is 12.1 Å². The van der Waals surface area contributed by atoms with Crippen LogP contribution in [-0.2, 0) is 24.4 Å². The fraction of sp³-hybridized carbons (Fsp3) is 0.333. The van der Waals surface area contributed by atoms with Gasteiger partial charge >= 0.3 is 12.1 Å². The molecule has 6 nitrogen and oxygen atoms in total. The average Bonchev–Trinajstić information content (AvgIpc) is 2.84. The topological polar surface area (TPSA) is 71.8 Å². The van der Waals surface area contributed by atoms with Crippen LogP contribution < -0.4 is 0 Å². The van der Waals surface area contributed by atoms with E-state index in [4.69, 9.17) is 4.74 Å². The predicted octanol–water partition coefficient (Wildman–Crippen LogP) is 2.96. The van der Waals surface area contributed by atoms with E-state index in [0.29, 0.717) is 25.2 Å². The molecule has 0 unspecified atom stereocenters. The lowest BCUT2D eigenvalue weighted by Crippen LogP contribution is -2.38. The van der Waals surface area contributed by atoms with Crippen molar-refractivity contribution in [3.8, 4) is 0 Å². The lowest BCUT2D eigenvalue weighted by molar-refractivity contribution is 0.0694. The second kappa shape index (κ2) is 6.39. The second-order valence-corrected chi connectivity index (χ2v) is 5.95. The summed E-state index contributed by atoms with van der Waals surface area (Å²) in [6.07, 6.45) is -0.375. The van der Waals surface area contributed by atoms with E-state index < -0.39 is 5.97 Å². The summed E-state index contributed by atoms with van der Waals surface area (Å²) in [6.45, 7) is 5.29. The molecule has 1 aliphatic heterocycles. The second-order valence-electron chi connectivity index (χ2n) is 5.95. The number of fused-ring (bicyclic) bond motifs is 1. The Morgan fingerprint density at radius 3 is 2.54 bits per heavy atom. The van der Waals surface area contributed by atoms with Crippen molar-refractivity contribution in [3.63, 3.8) is 0 Å². The molecule has 1 aliphatic rings. The molecule has 0 saturated heterocycles. The standard InChI is InChI=1S/C18H20N2O4/c1-12-15-10-19(8-9-20(15)13(2)16(12)17(21)22)18(23)24-11-14-6-4-3-5-7-14/h3-7H,8-11H2,1-2H3,(H,21,22). The van der Waals surface area contributed by atoms with Crippen LogP contribution in [0, 0.1) is 13.8 Å². The molecule has 24 heavy (non-hydrogen) atoms. The van der Waals surface area contributed by atoms with Gasteiger partial charge in [0.15, 0.2) is 0 Å². The third kappa shape index (κ3) is 2.87. The van der Waals surface area contributed by atoms with Crippen molar-refractivity contribution in [2.45, 2.75) is 33.5 Å². The number of rotatable bonds is 3. The molecule has 2 heterocycles. The van der Waals surface area contributed by atoms with Crippen molar-refractivity contribution < 1.29 is 19.4 Å². The number of carbonyl (C=O) groups excluding carboxylic acids is 1. The van der Waals surface area contributed by atoms with Crippen molar-refractivity contribution in [1.82, 2.24) is 9.47 Å². The third-order valence-corrected chi connectivity index (χ3v) is 4.51. The molecular weight excluding hydrogens is 308 g/mol. The third-order valence-electron chi connectivity index (χ3n) is 4.51. The van der Waals surface area contributed by atoms with Gasteiger partial charge in [-0.25, -0.2) is 9.59 Å². The van der Waals surface area contributed by atoms with Crippen molar-refractivity contribution in [2.24, 2.45) is 0 Å². The van der Waals surface area contributed by atoms with Crippen molar-refractivity contribution in [2.75, 3.05) is 6.54 Å². The molecule has 1 aromatic heterocycles. The highest BCUT2D eigenvalue weighted by atomic mass is 16.6. The Hall–Kier alpha value is -2.76. The Kier molecular flexibility index (Phi) is 4.29. The van der Waals surface area contributed by atoms with E-state index in [1.807, 2.05) is 41.8 Å². The summed E-state index contributed by atoms with van der Waals surface area (Å²) < 4.78 is 7.35. The molecule has 0 fully saturated rings. The number of nitrogens with zero attached hydrogens (tertiary/aromatic N) is 2. The summed E-state index contributed by atoms with van der Waals surface area (Å²) in [7, 11) is 0. The molecule has 0 atom stereocenters. The average molecular weight is 328 g/mol. The van der Waals surface area contributed by atoms with Crippen LogP contribution in [-0.4, -0.2) is 33.2 Å². The van der Waals surface area contributed by atoms with Crippen LogP contribution in [0.3, 0.4) is 0 Å². The first kappa shape index (κ1) is 16.1. The molecule has 0 aliphatic carbocycles. The zero-order valence-corrected chi connectivity index (χ0v) is 13.8. The van der Waals surface area contributed by atoms with Gasteiger partial charge in [0, 0.05) is 24.5 Å². The maximum absolute atomic E-state index is 12.3. The smallest absolute Gasteiger partial charge is 0.410 e. The van der Waals surface area contributed by atoms with E-state index in [9.17, 15) is 14.7 Å². The number of ether oxygens (including phenoxy) is 1. The van der Waals surface area contributed by atoms with E-state index in [-0.39, 0.29) is 12.7 Å². The highest BCUT2D eigenvalue weighted by Crippen LogP contribution is 2.26. The number of aromatic carboxylic acids is 1. The molecule has 0 spiro atoms. The first-order chi connectivity index (χ1) is 11.5. The number of aromatic nitrogens is 1. The fourth-order valence-corrected chi connectivity index (χ4v) is 3.22. The van der Waals surface area contributed by atoms with Crippen molar-refractivity contribution in [1.29, 1.82) is 0 Å². The molecule has 0 radical (unpaired) electrons. The number of carboxylic acid groups (broad SMARTS) is 1. The lowest BCUT2D eigenvalue weighted by Gasteiger charge is -2.29. The summed E-state index contributed by atoms with van der Waals surface area (Å²) in [5.74, 6) is -0.926. The maximum atomic E-state index is 12.3. The van der Waals surface area contributed by atoms with Crippen LogP contribution >= 0.6 is 0 Å². The van der Waals surface area contributed by atoms with Gasteiger partial charge in [-0.15, -0.1) is 0 Å². The number of hydrogen-bond acceptors (Lipinski definition) is 3. The van der Waals surface area contributed by atoms with E-state index in [2.05, 4.69) is 0 Å². The molecular formula is C18H20N2O4. The monoisotopic (exact) mass is 328 g/mol. The van der Waals surface area contributed by atoms with Crippen LogP contribution in [0.5, 0.6) is 0 Å². The Morgan fingerprint density at radius 1 is 1.17 bits per heavy atom. The van der Waals surface area contributed by atoms with Gasteiger partial charge in [-0.2, -0.15) is 0 Å². The van der Waals surface area contributed by atoms with Gasteiger partial charge < -0.3 is 19.3 Å². The highest BCUT2D eigenvalue weighted by molar-refractivity contribution is 5.91. The predicted molar refractivity (Wildman–Crippen MR) is 87.9 cm³/mol. The zero-order chi connectivity index (χ0) is 17.3. The first-order valence-corrected chi connectivity index (χ1v) is 7.86. The van der Waals surface area contributed by atoms with E-state index in [1.165, 1.54) is 0 Å². The Balaban J connectivity index is 1.72. The summed E-state index contributed by atoms with van der Waals surface area (Å²) in [6, 6.07) is 9.52. The number of carboxylic acids is 1. The molecule has 1 N–H and O–H groups in total. The highest BCUT2D eigenvalue weighted by Gasteiger charge is 2.28.